The Balaban J connectivity index is 1.44. The van der Waals surface area contributed by atoms with Crippen LogP contribution in [0, 0.1) is 13.8 Å². The van der Waals surface area contributed by atoms with Crippen molar-refractivity contribution in [1.29, 1.82) is 0 Å². The number of carboxylic acid groups (broad SMARTS) is 1. The summed E-state index contributed by atoms with van der Waals surface area (Å²) in [5, 5.41) is 15.0. The van der Waals surface area contributed by atoms with E-state index in [0.717, 1.165) is 43.9 Å². The highest BCUT2D eigenvalue weighted by Crippen LogP contribution is 2.25. The van der Waals surface area contributed by atoms with Crippen LogP contribution in [0.1, 0.15) is 39.5 Å². The molecular weight excluding hydrogens is 334 g/mol. The average Bonchev–Trinajstić information content (AvgIpc) is 3.07. The lowest BCUT2D eigenvalue weighted by atomic mass is 10.0. The van der Waals surface area contributed by atoms with Crippen LogP contribution in [0.3, 0.4) is 0 Å². The normalized spacial score (nSPS) is 15.5. The fourth-order valence-electron chi connectivity index (χ4n) is 3.31. The van der Waals surface area contributed by atoms with Crippen LogP contribution in [0.5, 0.6) is 0 Å². The van der Waals surface area contributed by atoms with Gasteiger partial charge in [0.15, 0.2) is 5.69 Å². The maximum absolute atomic E-state index is 10.9. The molecule has 1 saturated heterocycles. The van der Waals surface area contributed by atoms with E-state index in [-0.39, 0.29) is 5.69 Å². The van der Waals surface area contributed by atoms with E-state index in [1.807, 2.05) is 0 Å². The zero-order valence-electron chi connectivity index (χ0n) is 14.8. The van der Waals surface area contributed by atoms with E-state index in [1.165, 1.54) is 28.2 Å². The van der Waals surface area contributed by atoms with Gasteiger partial charge in [-0.15, -0.1) is 11.3 Å². The summed E-state index contributed by atoms with van der Waals surface area (Å²) in [6.45, 7) is 7.36. The number of anilines is 1. The maximum Gasteiger partial charge on any atom is 0.355 e. The Labute approximate surface area is 152 Å². The van der Waals surface area contributed by atoms with Crippen LogP contribution < -0.4 is 10.2 Å². The summed E-state index contributed by atoms with van der Waals surface area (Å²) in [5.74, 6) is -0.950. The van der Waals surface area contributed by atoms with Crippen molar-refractivity contribution in [2.45, 2.75) is 39.2 Å². The van der Waals surface area contributed by atoms with Crippen molar-refractivity contribution in [3.63, 3.8) is 0 Å². The van der Waals surface area contributed by atoms with Crippen molar-refractivity contribution in [1.82, 2.24) is 10.3 Å². The van der Waals surface area contributed by atoms with Crippen molar-refractivity contribution in [3.05, 3.63) is 45.4 Å². The third-order valence-electron chi connectivity index (χ3n) is 4.95. The predicted octanol–water partition coefficient (Wildman–Crippen LogP) is 3.26. The van der Waals surface area contributed by atoms with Crippen LogP contribution >= 0.6 is 11.3 Å². The van der Waals surface area contributed by atoms with E-state index in [0.29, 0.717) is 6.04 Å². The number of thiazole rings is 1. The summed E-state index contributed by atoms with van der Waals surface area (Å²) in [6.07, 6.45) is 3.05. The van der Waals surface area contributed by atoms with E-state index < -0.39 is 5.97 Å². The lowest BCUT2D eigenvalue weighted by molar-refractivity contribution is 0.0691. The van der Waals surface area contributed by atoms with Crippen molar-refractivity contribution >= 4 is 23.0 Å². The number of hydrogen-bond acceptors (Lipinski definition) is 5. The molecule has 0 unspecified atom stereocenters. The molecule has 3 rings (SSSR count). The number of nitrogens with one attached hydrogen (secondary N) is 1. The second kappa shape index (κ2) is 7.97. The lowest BCUT2D eigenvalue weighted by Crippen LogP contribution is -2.43. The van der Waals surface area contributed by atoms with Gasteiger partial charge in [-0.3, -0.25) is 0 Å². The number of aryl methyl sites for hydroxylation is 1. The minimum absolute atomic E-state index is 0.154. The smallest absolute Gasteiger partial charge is 0.355 e. The molecule has 1 aliphatic heterocycles. The summed E-state index contributed by atoms with van der Waals surface area (Å²) in [4.78, 5) is 17.5. The molecule has 5 nitrogen and oxygen atoms in total. The van der Waals surface area contributed by atoms with Crippen LogP contribution in [0.15, 0.2) is 23.6 Å². The van der Waals surface area contributed by atoms with E-state index in [4.69, 9.17) is 5.11 Å². The Bertz CT molecular complexity index is 736. The zero-order chi connectivity index (χ0) is 17.8. The first-order valence-electron chi connectivity index (χ1n) is 8.77. The molecular formula is C19H25N3O2S. The highest BCUT2D eigenvalue weighted by molar-refractivity contribution is 7.09. The first-order chi connectivity index (χ1) is 12.0. The molecule has 2 N–H and O–H groups in total. The van der Waals surface area contributed by atoms with Crippen molar-refractivity contribution in [3.8, 4) is 0 Å². The highest BCUT2D eigenvalue weighted by atomic mass is 32.1. The topological polar surface area (TPSA) is 65.5 Å². The fourth-order valence-corrected chi connectivity index (χ4v) is 4.08. The Morgan fingerprint density at radius 2 is 2.12 bits per heavy atom. The molecule has 134 valence electrons. The zero-order valence-corrected chi connectivity index (χ0v) is 15.6. The van der Waals surface area contributed by atoms with Crippen molar-refractivity contribution < 1.29 is 9.90 Å². The molecule has 2 aromatic rings. The maximum atomic E-state index is 10.9. The second-order valence-corrected chi connectivity index (χ2v) is 7.56. The Morgan fingerprint density at radius 3 is 2.80 bits per heavy atom. The second-order valence-electron chi connectivity index (χ2n) is 6.62. The van der Waals surface area contributed by atoms with Crippen LogP contribution in [-0.2, 0) is 6.42 Å². The molecule has 0 atom stereocenters. The summed E-state index contributed by atoms with van der Waals surface area (Å²) in [7, 11) is 0. The largest absolute Gasteiger partial charge is 0.476 e. The standard InChI is InChI=1S/C19H25N3O2S/c1-13-4-3-5-17(14(13)2)22-10-7-15(8-11-22)20-9-6-18-21-16(12-25-18)19(23)24/h3-5,12,15,20H,6-11H2,1-2H3,(H,23,24). The Kier molecular flexibility index (Phi) is 5.71. The van der Waals surface area contributed by atoms with E-state index >= 15 is 0 Å². The van der Waals surface area contributed by atoms with Crippen LogP contribution in [-0.4, -0.2) is 41.7 Å². The number of aromatic nitrogens is 1. The SMILES string of the molecule is Cc1cccc(N2CCC(NCCc3nc(C(=O)O)cs3)CC2)c1C. The van der Waals surface area contributed by atoms with Gasteiger partial charge in [0.1, 0.15) is 0 Å². The molecule has 1 aromatic carbocycles. The number of carboxylic acids is 1. The van der Waals surface area contributed by atoms with Gasteiger partial charge in [0.2, 0.25) is 0 Å². The summed E-state index contributed by atoms with van der Waals surface area (Å²) in [5.41, 5.74) is 4.25. The monoisotopic (exact) mass is 359 g/mol. The number of piperidine rings is 1. The molecule has 1 aliphatic rings. The van der Waals surface area contributed by atoms with E-state index in [9.17, 15) is 4.79 Å². The van der Waals surface area contributed by atoms with Crippen molar-refractivity contribution in [2.24, 2.45) is 0 Å². The van der Waals surface area contributed by atoms with Gasteiger partial charge in [-0.2, -0.15) is 0 Å². The number of carbonyl (C=O) groups is 1. The third kappa shape index (κ3) is 4.38. The minimum Gasteiger partial charge on any atom is -0.476 e. The molecule has 6 heteroatoms. The van der Waals surface area contributed by atoms with Crippen LogP contribution in [0.2, 0.25) is 0 Å². The molecule has 0 saturated carbocycles. The Hall–Kier alpha value is -1.92. The number of rotatable bonds is 6. The number of benzene rings is 1. The van der Waals surface area contributed by atoms with Gasteiger partial charge in [0, 0.05) is 43.2 Å². The minimum atomic E-state index is -0.950. The number of aromatic carboxylic acids is 1. The molecule has 0 bridgehead atoms. The summed E-state index contributed by atoms with van der Waals surface area (Å²) in [6, 6.07) is 7.06. The first kappa shape index (κ1) is 17.9. The van der Waals surface area contributed by atoms with Crippen molar-refractivity contribution in [2.75, 3.05) is 24.5 Å². The molecule has 0 aliphatic carbocycles. The third-order valence-corrected chi connectivity index (χ3v) is 5.86. The number of hydrogen-bond donors (Lipinski definition) is 2. The average molecular weight is 359 g/mol. The van der Waals surface area contributed by atoms with Gasteiger partial charge >= 0.3 is 5.97 Å². The van der Waals surface area contributed by atoms with Gasteiger partial charge in [0.05, 0.1) is 5.01 Å². The summed E-state index contributed by atoms with van der Waals surface area (Å²) >= 11 is 1.42. The van der Waals surface area contributed by atoms with Gasteiger partial charge < -0.3 is 15.3 Å². The van der Waals surface area contributed by atoms with E-state index in [2.05, 4.69) is 47.2 Å². The van der Waals surface area contributed by atoms with E-state index in [1.54, 1.807) is 5.38 Å². The van der Waals surface area contributed by atoms with Gasteiger partial charge in [0.25, 0.3) is 0 Å². The molecule has 25 heavy (non-hydrogen) atoms. The molecule has 0 amide bonds. The molecule has 1 fully saturated rings. The van der Waals surface area contributed by atoms with Gasteiger partial charge in [-0.05, 0) is 43.9 Å². The molecule has 0 radical (unpaired) electrons. The summed E-state index contributed by atoms with van der Waals surface area (Å²) < 4.78 is 0. The first-order valence-corrected chi connectivity index (χ1v) is 9.65. The van der Waals surface area contributed by atoms with Crippen LogP contribution in [0.4, 0.5) is 5.69 Å². The quantitative estimate of drug-likeness (QED) is 0.829. The lowest BCUT2D eigenvalue weighted by Gasteiger charge is -2.35. The van der Waals surface area contributed by atoms with Crippen LogP contribution in [0.25, 0.3) is 0 Å². The predicted molar refractivity (Wildman–Crippen MR) is 102 cm³/mol. The number of nitrogens with zero attached hydrogens (tertiary/aromatic N) is 2. The highest BCUT2D eigenvalue weighted by Gasteiger charge is 2.20. The fraction of sp³-hybridized carbons (Fsp3) is 0.474. The molecule has 0 spiro atoms. The molecule has 1 aromatic heterocycles. The van der Waals surface area contributed by atoms with Gasteiger partial charge in [-0.25, -0.2) is 9.78 Å². The van der Waals surface area contributed by atoms with Gasteiger partial charge in [-0.1, -0.05) is 12.1 Å². The molecule has 2 heterocycles. The Morgan fingerprint density at radius 1 is 1.36 bits per heavy atom.